The van der Waals surface area contributed by atoms with Gasteiger partial charge in [0.15, 0.2) is 0 Å². The number of thioether (sulfide) groups is 2. The first-order valence-electron chi connectivity index (χ1n) is 6.52. The fourth-order valence-electron chi connectivity index (χ4n) is 1.43. The molecule has 0 fully saturated rings. The van der Waals surface area contributed by atoms with Crippen molar-refractivity contribution in [3.05, 3.63) is 30.3 Å². The van der Waals surface area contributed by atoms with Crippen LogP contribution in [0.2, 0.25) is 0 Å². The zero-order valence-electron chi connectivity index (χ0n) is 12.1. The van der Waals surface area contributed by atoms with Crippen LogP contribution in [-0.4, -0.2) is 28.2 Å². The normalized spacial score (nSPS) is 13.1. The fraction of sp³-hybridized carbons (Fsp3) is 0.533. The quantitative estimate of drug-likeness (QED) is 0.639. The number of carbonyl (C=O) groups is 1. The third kappa shape index (κ3) is 7.53. The predicted molar refractivity (Wildman–Crippen MR) is 87.0 cm³/mol. The SMILES string of the molecule is C[C@H](Sc1ccccc1)C(=O)NCCSC(C)(C)C. The lowest BCUT2D eigenvalue weighted by Crippen LogP contribution is -2.33. The van der Waals surface area contributed by atoms with E-state index in [-0.39, 0.29) is 15.9 Å². The Morgan fingerprint density at radius 1 is 1.26 bits per heavy atom. The number of rotatable bonds is 6. The third-order valence-electron chi connectivity index (χ3n) is 2.36. The first-order chi connectivity index (χ1) is 8.88. The standard InChI is InChI=1S/C15H23NOS2/c1-12(19-13-8-6-5-7-9-13)14(17)16-10-11-18-15(2,3)4/h5-9,12H,10-11H2,1-4H3,(H,16,17)/t12-/m0/s1. The molecular weight excluding hydrogens is 274 g/mol. The van der Waals surface area contributed by atoms with Gasteiger partial charge in [-0.3, -0.25) is 4.79 Å². The van der Waals surface area contributed by atoms with Gasteiger partial charge >= 0.3 is 0 Å². The summed E-state index contributed by atoms with van der Waals surface area (Å²) in [7, 11) is 0. The predicted octanol–water partition coefficient (Wildman–Crippen LogP) is 3.82. The van der Waals surface area contributed by atoms with Gasteiger partial charge in [0, 0.05) is 21.9 Å². The van der Waals surface area contributed by atoms with Crippen LogP contribution in [0.15, 0.2) is 35.2 Å². The molecule has 0 aromatic heterocycles. The smallest absolute Gasteiger partial charge is 0.233 e. The van der Waals surface area contributed by atoms with E-state index in [1.807, 2.05) is 49.0 Å². The molecule has 0 spiro atoms. The maximum atomic E-state index is 11.9. The van der Waals surface area contributed by atoms with Gasteiger partial charge in [-0.25, -0.2) is 0 Å². The van der Waals surface area contributed by atoms with Gasteiger partial charge in [0.25, 0.3) is 0 Å². The van der Waals surface area contributed by atoms with Gasteiger partial charge in [-0.05, 0) is 19.1 Å². The highest BCUT2D eigenvalue weighted by Crippen LogP contribution is 2.23. The molecule has 0 heterocycles. The molecule has 1 aromatic rings. The Morgan fingerprint density at radius 3 is 2.47 bits per heavy atom. The number of carbonyl (C=O) groups excluding carboxylic acids is 1. The van der Waals surface area contributed by atoms with Crippen LogP contribution >= 0.6 is 23.5 Å². The highest BCUT2D eigenvalue weighted by molar-refractivity contribution is 8.00. The molecule has 0 bridgehead atoms. The molecule has 0 aliphatic rings. The van der Waals surface area contributed by atoms with Crippen molar-refractivity contribution in [1.82, 2.24) is 5.32 Å². The molecule has 4 heteroatoms. The summed E-state index contributed by atoms with van der Waals surface area (Å²) in [6.07, 6.45) is 0. The highest BCUT2D eigenvalue weighted by atomic mass is 32.2. The molecule has 0 unspecified atom stereocenters. The average molecular weight is 297 g/mol. The molecule has 0 aliphatic heterocycles. The van der Waals surface area contributed by atoms with Crippen molar-refractivity contribution >= 4 is 29.4 Å². The summed E-state index contributed by atoms with van der Waals surface area (Å²) in [4.78, 5) is 13.1. The molecule has 1 amide bonds. The molecule has 1 atom stereocenters. The maximum Gasteiger partial charge on any atom is 0.233 e. The van der Waals surface area contributed by atoms with Crippen LogP contribution in [0.1, 0.15) is 27.7 Å². The van der Waals surface area contributed by atoms with Crippen molar-refractivity contribution < 1.29 is 4.79 Å². The van der Waals surface area contributed by atoms with E-state index >= 15 is 0 Å². The zero-order chi connectivity index (χ0) is 14.3. The van der Waals surface area contributed by atoms with E-state index in [2.05, 4.69) is 26.1 Å². The molecule has 0 saturated heterocycles. The fourth-order valence-corrected chi connectivity index (χ4v) is 3.16. The second-order valence-electron chi connectivity index (χ2n) is 5.32. The minimum absolute atomic E-state index is 0.0537. The van der Waals surface area contributed by atoms with Crippen LogP contribution in [0, 0.1) is 0 Å². The van der Waals surface area contributed by atoms with Crippen LogP contribution < -0.4 is 5.32 Å². The average Bonchev–Trinajstić information content (AvgIpc) is 2.34. The zero-order valence-corrected chi connectivity index (χ0v) is 13.7. The van der Waals surface area contributed by atoms with Crippen LogP contribution in [0.3, 0.4) is 0 Å². The van der Waals surface area contributed by atoms with Gasteiger partial charge in [-0.2, -0.15) is 11.8 Å². The Balaban J connectivity index is 2.26. The Bertz CT molecular complexity index is 387. The van der Waals surface area contributed by atoms with Crippen molar-refractivity contribution in [2.75, 3.05) is 12.3 Å². The highest BCUT2D eigenvalue weighted by Gasteiger charge is 2.14. The summed E-state index contributed by atoms with van der Waals surface area (Å²) in [5, 5.41) is 2.94. The van der Waals surface area contributed by atoms with Crippen LogP contribution in [0.5, 0.6) is 0 Å². The van der Waals surface area contributed by atoms with E-state index in [4.69, 9.17) is 0 Å². The van der Waals surface area contributed by atoms with Gasteiger partial charge in [0.2, 0.25) is 5.91 Å². The largest absolute Gasteiger partial charge is 0.354 e. The van der Waals surface area contributed by atoms with Crippen molar-refractivity contribution in [3.63, 3.8) is 0 Å². The summed E-state index contributed by atoms with van der Waals surface area (Å²) in [6, 6.07) is 10.0. The molecule has 1 N–H and O–H groups in total. The molecule has 1 aromatic carbocycles. The lowest BCUT2D eigenvalue weighted by Gasteiger charge is -2.18. The topological polar surface area (TPSA) is 29.1 Å². The summed E-state index contributed by atoms with van der Waals surface area (Å²) in [6.45, 7) is 9.25. The van der Waals surface area contributed by atoms with E-state index in [9.17, 15) is 4.79 Å². The van der Waals surface area contributed by atoms with Crippen LogP contribution in [0.4, 0.5) is 0 Å². The van der Waals surface area contributed by atoms with Crippen molar-refractivity contribution in [2.45, 2.75) is 42.6 Å². The molecule has 0 radical (unpaired) electrons. The molecule has 1 rings (SSSR count). The first-order valence-corrected chi connectivity index (χ1v) is 8.38. The van der Waals surface area contributed by atoms with Crippen molar-refractivity contribution in [3.8, 4) is 0 Å². The van der Waals surface area contributed by atoms with E-state index in [1.54, 1.807) is 11.8 Å². The van der Waals surface area contributed by atoms with Crippen molar-refractivity contribution in [1.29, 1.82) is 0 Å². The van der Waals surface area contributed by atoms with Gasteiger partial charge in [0.1, 0.15) is 0 Å². The minimum atomic E-state index is -0.0537. The van der Waals surface area contributed by atoms with E-state index < -0.39 is 0 Å². The van der Waals surface area contributed by atoms with Crippen LogP contribution in [0.25, 0.3) is 0 Å². The Hall–Kier alpha value is -0.610. The number of benzene rings is 1. The number of hydrogen-bond donors (Lipinski definition) is 1. The molecule has 0 saturated carbocycles. The summed E-state index contributed by atoms with van der Waals surface area (Å²) in [5.74, 6) is 1.07. The van der Waals surface area contributed by atoms with E-state index in [0.717, 1.165) is 17.2 Å². The van der Waals surface area contributed by atoms with E-state index in [1.165, 1.54) is 0 Å². The number of nitrogens with one attached hydrogen (secondary N) is 1. The monoisotopic (exact) mass is 297 g/mol. The van der Waals surface area contributed by atoms with Gasteiger partial charge < -0.3 is 5.32 Å². The van der Waals surface area contributed by atoms with Crippen molar-refractivity contribution in [2.24, 2.45) is 0 Å². The van der Waals surface area contributed by atoms with Gasteiger partial charge in [-0.15, -0.1) is 11.8 Å². The molecular formula is C15H23NOS2. The second kappa shape index (κ2) is 7.85. The second-order valence-corrected chi connectivity index (χ2v) is 8.66. The Morgan fingerprint density at radius 2 is 1.89 bits per heavy atom. The van der Waals surface area contributed by atoms with Gasteiger partial charge in [-0.1, -0.05) is 39.0 Å². The summed E-state index contributed by atoms with van der Waals surface area (Å²) in [5.41, 5.74) is 0. The lowest BCUT2D eigenvalue weighted by atomic mass is 10.3. The summed E-state index contributed by atoms with van der Waals surface area (Å²) < 4.78 is 0.259. The summed E-state index contributed by atoms with van der Waals surface area (Å²) >= 11 is 3.47. The van der Waals surface area contributed by atoms with E-state index in [0.29, 0.717) is 0 Å². The number of amides is 1. The minimum Gasteiger partial charge on any atom is -0.354 e. The Labute approximate surface area is 125 Å². The van der Waals surface area contributed by atoms with Crippen LogP contribution in [-0.2, 0) is 4.79 Å². The molecule has 2 nitrogen and oxygen atoms in total. The van der Waals surface area contributed by atoms with Gasteiger partial charge in [0.05, 0.1) is 5.25 Å². The number of hydrogen-bond acceptors (Lipinski definition) is 3. The molecule has 0 aliphatic carbocycles. The lowest BCUT2D eigenvalue weighted by molar-refractivity contribution is -0.120. The molecule has 106 valence electrons. The molecule has 19 heavy (non-hydrogen) atoms. The Kier molecular flexibility index (Phi) is 6.80. The first kappa shape index (κ1) is 16.4. The third-order valence-corrected chi connectivity index (χ3v) is 4.75. The maximum absolute atomic E-state index is 11.9.